The molecule has 1 atom stereocenters. The number of benzene rings is 2. The molecular formula is C22H25NO6. The molecule has 3 N–H and O–H groups in total. The van der Waals surface area contributed by atoms with E-state index >= 15 is 0 Å². The Hall–Kier alpha value is -2.74. The lowest BCUT2D eigenvalue weighted by Crippen LogP contribution is -2.37. The Labute approximate surface area is 169 Å². The van der Waals surface area contributed by atoms with Gasteiger partial charge in [0.25, 0.3) is 0 Å². The van der Waals surface area contributed by atoms with Crippen molar-refractivity contribution >= 4 is 11.9 Å². The van der Waals surface area contributed by atoms with E-state index in [1.54, 1.807) is 0 Å². The standard InChI is InChI=1S/C22H25NO6/c23-20(14-28-12-11-27-10-9-21(24)25)22(26)29-13-19-17-7-3-1-5-15(17)16-6-2-4-8-18(16)19/h1-8,19-20H,9-14,23H2,(H,24,25)/t20-/m1/s1. The van der Waals surface area contributed by atoms with E-state index in [9.17, 15) is 9.59 Å². The van der Waals surface area contributed by atoms with Crippen LogP contribution in [-0.2, 0) is 23.8 Å². The van der Waals surface area contributed by atoms with Crippen LogP contribution >= 0.6 is 0 Å². The molecule has 29 heavy (non-hydrogen) atoms. The monoisotopic (exact) mass is 399 g/mol. The van der Waals surface area contributed by atoms with Gasteiger partial charge in [-0.2, -0.15) is 0 Å². The summed E-state index contributed by atoms with van der Waals surface area (Å²) in [5, 5.41) is 8.51. The third kappa shape index (κ3) is 5.41. The van der Waals surface area contributed by atoms with Crippen LogP contribution in [0.1, 0.15) is 23.5 Å². The van der Waals surface area contributed by atoms with E-state index in [4.69, 9.17) is 25.1 Å². The number of nitrogens with two attached hydrogens (primary N) is 1. The van der Waals surface area contributed by atoms with Crippen LogP contribution in [0, 0.1) is 0 Å². The first-order chi connectivity index (χ1) is 14.1. The third-order valence-corrected chi connectivity index (χ3v) is 4.79. The van der Waals surface area contributed by atoms with Crippen LogP contribution in [0.15, 0.2) is 48.5 Å². The molecule has 2 aromatic carbocycles. The zero-order valence-electron chi connectivity index (χ0n) is 16.1. The van der Waals surface area contributed by atoms with Gasteiger partial charge in [0, 0.05) is 5.92 Å². The van der Waals surface area contributed by atoms with E-state index < -0.39 is 18.0 Å². The molecule has 0 heterocycles. The van der Waals surface area contributed by atoms with Gasteiger partial charge in [-0.3, -0.25) is 9.59 Å². The molecule has 0 bridgehead atoms. The SMILES string of the molecule is N[C@H](COCCOCCC(=O)O)C(=O)OCC1c2ccccc2-c2ccccc21. The minimum absolute atomic E-state index is 0.0119. The maximum Gasteiger partial charge on any atom is 0.325 e. The predicted octanol–water partition coefficient (Wildman–Crippen LogP) is 2.18. The second-order valence-corrected chi connectivity index (χ2v) is 6.79. The van der Waals surface area contributed by atoms with Gasteiger partial charge in [-0.25, -0.2) is 0 Å². The molecule has 0 aliphatic heterocycles. The average molecular weight is 399 g/mol. The molecule has 0 saturated carbocycles. The van der Waals surface area contributed by atoms with E-state index in [0.29, 0.717) is 0 Å². The normalized spacial score (nSPS) is 13.6. The van der Waals surface area contributed by atoms with Crippen LogP contribution in [0.3, 0.4) is 0 Å². The molecule has 0 aromatic heterocycles. The van der Waals surface area contributed by atoms with Crippen molar-refractivity contribution in [2.24, 2.45) is 5.73 Å². The molecule has 1 aliphatic rings. The van der Waals surface area contributed by atoms with E-state index in [1.807, 2.05) is 24.3 Å². The first-order valence-electron chi connectivity index (χ1n) is 9.55. The van der Waals surface area contributed by atoms with Gasteiger partial charge in [0.2, 0.25) is 0 Å². The number of hydrogen-bond donors (Lipinski definition) is 2. The third-order valence-electron chi connectivity index (χ3n) is 4.79. The summed E-state index contributed by atoms with van der Waals surface area (Å²) in [4.78, 5) is 22.6. The van der Waals surface area contributed by atoms with Crippen LogP contribution in [-0.4, -0.2) is 56.1 Å². The fraction of sp³-hybridized carbons (Fsp3) is 0.364. The van der Waals surface area contributed by atoms with Gasteiger partial charge >= 0.3 is 11.9 Å². The van der Waals surface area contributed by atoms with E-state index in [-0.39, 0.29) is 45.4 Å². The number of rotatable bonds is 11. The number of fused-ring (bicyclic) bond motifs is 3. The molecule has 0 fully saturated rings. The van der Waals surface area contributed by atoms with Gasteiger partial charge in [0.1, 0.15) is 12.6 Å². The summed E-state index contributed by atoms with van der Waals surface area (Å²) in [5.74, 6) is -1.44. The van der Waals surface area contributed by atoms with E-state index in [1.165, 1.54) is 11.1 Å². The van der Waals surface area contributed by atoms with Crippen LogP contribution in [0.4, 0.5) is 0 Å². The largest absolute Gasteiger partial charge is 0.481 e. The lowest BCUT2D eigenvalue weighted by Gasteiger charge is -2.16. The zero-order valence-corrected chi connectivity index (χ0v) is 16.1. The summed E-state index contributed by atoms with van der Waals surface area (Å²) < 4.78 is 15.9. The smallest absolute Gasteiger partial charge is 0.325 e. The van der Waals surface area contributed by atoms with Crippen molar-refractivity contribution in [3.05, 3.63) is 59.7 Å². The molecule has 0 spiro atoms. The highest BCUT2D eigenvalue weighted by Gasteiger charge is 2.29. The van der Waals surface area contributed by atoms with Gasteiger partial charge in [0.05, 0.1) is 32.8 Å². The Bertz CT molecular complexity index is 807. The summed E-state index contributed by atoms with van der Waals surface area (Å²) in [6.07, 6.45) is -0.0563. The molecule has 7 heteroatoms. The Morgan fingerprint density at radius 3 is 2.14 bits per heavy atom. The van der Waals surface area contributed by atoms with Crippen molar-refractivity contribution < 1.29 is 28.9 Å². The number of esters is 1. The predicted molar refractivity (Wildman–Crippen MR) is 107 cm³/mol. The van der Waals surface area contributed by atoms with Gasteiger partial charge in [-0.1, -0.05) is 48.5 Å². The molecule has 154 valence electrons. The molecule has 3 rings (SSSR count). The first-order valence-corrected chi connectivity index (χ1v) is 9.55. The molecular weight excluding hydrogens is 374 g/mol. The lowest BCUT2D eigenvalue weighted by atomic mass is 9.98. The van der Waals surface area contributed by atoms with Gasteiger partial charge < -0.3 is 25.1 Å². The van der Waals surface area contributed by atoms with E-state index in [0.717, 1.165) is 11.1 Å². The quantitative estimate of drug-likeness (QED) is 0.440. The molecule has 0 unspecified atom stereocenters. The Morgan fingerprint density at radius 1 is 0.931 bits per heavy atom. The summed E-state index contributed by atoms with van der Waals surface area (Å²) >= 11 is 0. The highest BCUT2D eigenvalue weighted by molar-refractivity contribution is 5.79. The molecule has 0 amide bonds. The number of carbonyl (C=O) groups is 2. The molecule has 0 radical (unpaired) electrons. The van der Waals surface area contributed by atoms with Crippen molar-refractivity contribution in [3.63, 3.8) is 0 Å². The number of ether oxygens (including phenoxy) is 3. The van der Waals surface area contributed by atoms with E-state index in [2.05, 4.69) is 24.3 Å². The van der Waals surface area contributed by atoms with Crippen molar-refractivity contribution in [1.82, 2.24) is 0 Å². The average Bonchev–Trinajstić information content (AvgIpc) is 3.04. The van der Waals surface area contributed by atoms with Crippen LogP contribution in [0.2, 0.25) is 0 Å². The number of hydrogen-bond acceptors (Lipinski definition) is 6. The summed E-state index contributed by atoms with van der Waals surface area (Å²) in [5.41, 5.74) is 10.5. The van der Waals surface area contributed by atoms with Crippen LogP contribution in [0.5, 0.6) is 0 Å². The van der Waals surface area contributed by atoms with Gasteiger partial charge in [0.15, 0.2) is 0 Å². The van der Waals surface area contributed by atoms with Crippen molar-refractivity contribution in [2.45, 2.75) is 18.4 Å². The lowest BCUT2D eigenvalue weighted by molar-refractivity contribution is -0.147. The van der Waals surface area contributed by atoms with Gasteiger partial charge in [-0.05, 0) is 22.3 Å². The zero-order chi connectivity index (χ0) is 20.6. The number of carbonyl (C=O) groups excluding carboxylic acids is 1. The fourth-order valence-electron chi connectivity index (χ4n) is 3.37. The van der Waals surface area contributed by atoms with Gasteiger partial charge in [-0.15, -0.1) is 0 Å². The minimum atomic E-state index is -0.914. The van der Waals surface area contributed by atoms with Crippen molar-refractivity contribution in [2.75, 3.05) is 33.0 Å². The molecule has 0 saturated heterocycles. The topological polar surface area (TPSA) is 108 Å². The molecule has 7 nitrogen and oxygen atoms in total. The number of carboxylic acid groups (broad SMARTS) is 1. The molecule has 2 aromatic rings. The summed E-state index contributed by atoms with van der Waals surface area (Å²) in [6, 6.07) is 15.4. The van der Waals surface area contributed by atoms with Crippen LogP contribution < -0.4 is 5.73 Å². The fourth-order valence-corrected chi connectivity index (χ4v) is 3.37. The second kappa shape index (κ2) is 10.2. The summed E-state index contributed by atoms with van der Waals surface area (Å²) in [7, 11) is 0. The Kier molecular flexibility index (Phi) is 7.35. The Balaban J connectivity index is 1.44. The molecule has 1 aliphatic carbocycles. The highest BCUT2D eigenvalue weighted by Crippen LogP contribution is 2.44. The van der Waals surface area contributed by atoms with Crippen molar-refractivity contribution in [3.8, 4) is 11.1 Å². The number of carboxylic acids is 1. The first kappa shape index (κ1) is 21.0. The summed E-state index contributed by atoms with van der Waals surface area (Å²) in [6.45, 7) is 0.823. The number of aliphatic carboxylic acids is 1. The van der Waals surface area contributed by atoms with Crippen molar-refractivity contribution in [1.29, 1.82) is 0 Å². The Morgan fingerprint density at radius 2 is 1.52 bits per heavy atom. The maximum absolute atomic E-state index is 12.2. The van der Waals surface area contributed by atoms with Crippen LogP contribution in [0.25, 0.3) is 11.1 Å². The minimum Gasteiger partial charge on any atom is -0.481 e. The second-order valence-electron chi connectivity index (χ2n) is 6.79. The maximum atomic E-state index is 12.2. The highest BCUT2D eigenvalue weighted by atomic mass is 16.5.